The molecule has 3 N–H and O–H groups in total. The second-order valence-electron chi connectivity index (χ2n) is 5.93. The number of rotatable bonds is 8. The lowest BCUT2D eigenvalue weighted by Crippen LogP contribution is -2.46. The second-order valence-corrected chi connectivity index (χ2v) is 5.93. The average molecular weight is 310 g/mol. The van der Waals surface area contributed by atoms with Gasteiger partial charge in [-0.3, -0.25) is 4.79 Å². The van der Waals surface area contributed by atoms with Gasteiger partial charge in [-0.25, -0.2) is 13.6 Å². The van der Waals surface area contributed by atoms with Crippen LogP contribution in [0.3, 0.4) is 0 Å². The summed E-state index contributed by atoms with van der Waals surface area (Å²) in [6, 6.07) is -0.353. The fraction of sp³-hybridized carbons (Fsp3) is 0.846. The van der Waals surface area contributed by atoms with Crippen molar-refractivity contribution in [1.82, 2.24) is 10.6 Å². The Morgan fingerprint density at radius 3 is 2.29 bits per heavy atom. The van der Waals surface area contributed by atoms with Gasteiger partial charge in [0, 0.05) is 12.5 Å². The van der Waals surface area contributed by atoms with Gasteiger partial charge in [0.05, 0.1) is 13.1 Å². The lowest BCUT2D eigenvalue weighted by atomic mass is 10.2. The molecule has 21 heavy (non-hydrogen) atoms. The summed E-state index contributed by atoms with van der Waals surface area (Å²) >= 11 is 0. The Balaban J connectivity index is 4.03. The van der Waals surface area contributed by atoms with Gasteiger partial charge in [0.1, 0.15) is 5.60 Å². The number of hydrogen-bond donors (Lipinski definition) is 3. The Morgan fingerprint density at radius 2 is 1.81 bits per heavy atom. The molecule has 0 aromatic heterocycles. The number of aliphatic carboxylic acids is 1. The minimum atomic E-state index is -3.14. The fourth-order valence-electron chi connectivity index (χ4n) is 1.34. The molecule has 0 rings (SSSR count). The molecular formula is C13H24F2N2O4. The maximum absolute atomic E-state index is 13.5. The fourth-order valence-corrected chi connectivity index (χ4v) is 1.34. The summed E-state index contributed by atoms with van der Waals surface area (Å²) in [5.41, 5.74) is -0.747. The number of carboxylic acid groups (broad SMARTS) is 1. The van der Waals surface area contributed by atoms with Crippen LogP contribution in [0.1, 0.15) is 40.5 Å². The van der Waals surface area contributed by atoms with Crippen LogP contribution in [0, 0.1) is 0 Å². The summed E-state index contributed by atoms with van der Waals surface area (Å²) in [6.07, 6.45) is -0.734. The topological polar surface area (TPSA) is 87.7 Å². The minimum Gasteiger partial charge on any atom is -0.481 e. The number of alkyl halides is 2. The van der Waals surface area contributed by atoms with Gasteiger partial charge in [0.2, 0.25) is 0 Å². The molecule has 0 aliphatic carbocycles. The van der Waals surface area contributed by atoms with E-state index in [9.17, 15) is 18.4 Å². The van der Waals surface area contributed by atoms with Crippen molar-refractivity contribution in [3.8, 4) is 0 Å². The van der Waals surface area contributed by atoms with E-state index in [1.165, 1.54) is 0 Å². The molecule has 6 nitrogen and oxygen atoms in total. The van der Waals surface area contributed by atoms with Crippen molar-refractivity contribution in [3.05, 3.63) is 0 Å². The van der Waals surface area contributed by atoms with Crippen molar-refractivity contribution >= 4 is 12.1 Å². The molecule has 0 aliphatic rings. The van der Waals surface area contributed by atoms with E-state index in [0.717, 1.165) is 0 Å². The van der Waals surface area contributed by atoms with Gasteiger partial charge in [-0.05, 0) is 34.1 Å². The third kappa shape index (κ3) is 12.0. The monoisotopic (exact) mass is 310 g/mol. The second kappa shape index (κ2) is 8.11. The van der Waals surface area contributed by atoms with Crippen molar-refractivity contribution in [3.63, 3.8) is 0 Å². The first-order chi connectivity index (χ1) is 9.41. The van der Waals surface area contributed by atoms with E-state index in [0.29, 0.717) is 0 Å². The lowest BCUT2D eigenvalue weighted by Gasteiger charge is -2.23. The van der Waals surface area contributed by atoms with Gasteiger partial charge in [0.15, 0.2) is 0 Å². The van der Waals surface area contributed by atoms with Crippen molar-refractivity contribution in [2.45, 2.75) is 58.1 Å². The third-order valence-corrected chi connectivity index (χ3v) is 2.39. The quantitative estimate of drug-likeness (QED) is 0.638. The zero-order chi connectivity index (χ0) is 16.7. The number of hydrogen-bond acceptors (Lipinski definition) is 4. The normalized spacial score (nSPS) is 13.6. The van der Waals surface area contributed by atoms with Gasteiger partial charge in [-0.1, -0.05) is 0 Å². The van der Waals surface area contributed by atoms with E-state index < -0.39 is 36.7 Å². The Bertz CT molecular complexity index is 357. The summed E-state index contributed by atoms with van der Waals surface area (Å²) in [4.78, 5) is 21.6. The molecule has 0 aliphatic heterocycles. The number of nitrogens with one attached hydrogen (secondary N) is 2. The summed E-state index contributed by atoms with van der Waals surface area (Å²) < 4.78 is 31.9. The predicted molar refractivity (Wildman–Crippen MR) is 73.5 cm³/mol. The van der Waals surface area contributed by atoms with Gasteiger partial charge < -0.3 is 20.5 Å². The van der Waals surface area contributed by atoms with E-state index in [4.69, 9.17) is 9.84 Å². The average Bonchev–Trinajstić information content (AvgIpc) is 2.29. The molecule has 1 atom stereocenters. The summed E-state index contributed by atoms with van der Waals surface area (Å²) in [5.74, 6) is -4.11. The third-order valence-electron chi connectivity index (χ3n) is 2.39. The van der Waals surface area contributed by atoms with E-state index in [1.807, 2.05) is 5.32 Å². The number of alkyl carbamates (subject to hydrolysis) is 1. The first-order valence-electron chi connectivity index (χ1n) is 6.71. The van der Waals surface area contributed by atoms with E-state index in [1.54, 1.807) is 27.7 Å². The Labute approximate surface area is 123 Å². The summed E-state index contributed by atoms with van der Waals surface area (Å²) in [6.45, 7) is 5.04. The van der Waals surface area contributed by atoms with E-state index in [-0.39, 0.29) is 18.9 Å². The highest BCUT2D eigenvalue weighted by Crippen LogP contribution is 2.12. The number of carboxylic acids is 1. The van der Waals surface area contributed by atoms with Crippen molar-refractivity contribution < 1.29 is 28.2 Å². The number of carbonyl (C=O) groups is 2. The molecule has 0 aromatic carbocycles. The van der Waals surface area contributed by atoms with Crippen LogP contribution >= 0.6 is 0 Å². The molecular weight excluding hydrogens is 286 g/mol. The van der Waals surface area contributed by atoms with Crippen molar-refractivity contribution in [1.29, 1.82) is 0 Å². The predicted octanol–water partition coefficient (Wildman–Crippen LogP) is 1.99. The number of halogens is 2. The molecule has 0 heterocycles. The zero-order valence-electron chi connectivity index (χ0n) is 12.8. The molecule has 0 radical (unpaired) electrons. The molecule has 1 amide bonds. The van der Waals surface area contributed by atoms with Crippen LogP contribution in [0.4, 0.5) is 13.6 Å². The molecule has 0 fully saturated rings. The summed E-state index contributed by atoms with van der Waals surface area (Å²) in [5, 5.41) is 13.0. The van der Waals surface area contributed by atoms with Crippen LogP contribution < -0.4 is 10.6 Å². The molecule has 1 unspecified atom stereocenters. The first-order valence-corrected chi connectivity index (χ1v) is 6.71. The molecule has 124 valence electrons. The van der Waals surface area contributed by atoms with Gasteiger partial charge in [-0.15, -0.1) is 0 Å². The molecule has 8 heteroatoms. The van der Waals surface area contributed by atoms with Crippen LogP contribution in [-0.2, 0) is 9.53 Å². The number of carbonyl (C=O) groups excluding carboxylic acids is 1. The largest absolute Gasteiger partial charge is 0.481 e. The van der Waals surface area contributed by atoms with E-state index in [2.05, 4.69) is 5.32 Å². The van der Waals surface area contributed by atoms with Crippen LogP contribution in [0.2, 0.25) is 0 Å². The highest BCUT2D eigenvalue weighted by Gasteiger charge is 2.30. The lowest BCUT2D eigenvalue weighted by molar-refractivity contribution is -0.137. The number of ether oxygens (including phenoxy) is 1. The Kier molecular flexibility index (Phi) is 7.56. The van der Waals surface area contributed by atoms with E-state index >= 15 is 0 Å². The SMILES string of the molecule is CC(CCC(=O)O)NCC(F)(F)CNC(=O)OC(C)(C)C. The Hall–Kier alpha value is -1.44. The molecule has 0 spiro atoms. The zero-order valence-corrected chi connectivity index (χ0v) is 12.8. The maximum Gasteiger partial charge on any atom is 0.407 e. The van der Waals surface area contributed by atoms with Crippen molar-refractivity contribution in [2.75, 3.05) is 13.1 Å². The smallest absolute Gasteiger partial charge is 0.407 e. The number of amides is 1. The van der Waals surface area contributed by atoms with Crippen LogP contribution in [0.15, 0.2) is 0 Å². The van der Waals surface area contributed by atoms with Crippen LogP contribution in [-0.4, -0.2) is 47.8 Å². The highest BCUT2D eigenvalue weighted by atomic mass is 19.3. The maximum atomic E-state index is 13.5. The van der Waals surface area contributed by atoms with Crippen LogP contribution in [0.5, 0.6) is 0 Å². The Morgan fingerprint density at radius 1 is 1.24 bits per heavy atom. The minimum absolute atomic E-state index is 0.0874. The van der Waals surface area contributed by atoms with Gasteiger partial charge in [-0.2, -0.15) is 0 Å². The van der Waals surface area contributed by atoms with Gasteiger partial charge in [0.25, 0.3) is 5.92 Å². The van der Waals surface area contributed by atoms with Gasteiger partial charge >= 0.3 is 12.1 Å². The van der Waals surface area contributed by atoms with Crippen molar-refractivity contribution in [2.24, 2.45) is 0 Å². The molecule has 0 saturated carbocycles. The molecule has 0 saturated heterocycles. The first kappa shape index (κ1) is 19.6. The summed E-state index contributed by atoms with van der Waals surface area (Å²) in [7, 11) is 0. The molecule has 0 bridgehead atoms. The standard InChI is InChI=1S/C13H24F2N2O4/c1-9(5-6-10(18)19)16-7-13(14,15)8-17-11(20)21-12(2,3)4/h9,16H,5-8H2,1-4H3,(H,17,20)(H,18,19). The van der Waals surface area contributed by atoms with Crippen LogP contribution in [0.25, 0.3) is 0 Å². The molecule has 0 aromatic rings. The highest BCUT2D eigenvalue weighted by molar-refractivity contribution is 5.67.